The van der Waals surface area contributed by atoms with E-state index in [4.69, 9.17) is 4.74 Å². The van der Waals surface area contributed by atoms with Crippen LogP contribution in [0.4, 0.5) is 0 Å². The van der Waals surface area contributed by atoms with Crippen LogP contribution in [0.1, 0.15) is 38.7 Å². The molecule has 2 fully saturated rings. The number of likely N-dealkylation sites (tertiary alicyclic amines) is 1. The topological polar surface area (TPSA) is 49.9 Å². The van der Waals surface area contributed by atoms with Crippen molar-refractivity contribution in [2.75, 3.05) is 26.2 Å². The minimum Gasteiger partial charge on any atom is -0.367 e. The lowest BCUT2D eigenvalue weighted by atomic mass is 9.93. The lowest BCUT2D eigenvalue weighted by Gasteiger charge is -2.41. The molecule has 0 spiro atoms. The predicted molar refractivity (Wildman–Crippen MR) is 91.4 cm³/mol. The summed E-state index contributed by atoms with van der Waals surface area (Å²) in [4.78, 5) is 28.3. The Morgan fingerprint density at radius 2 is 2.04 bits per heavy atom. The fourth-order valence-electron chi connectivity index (χ4n) is 3.68. The summed E-state index contributed by atoms with van der Waals surface area (Å²) in [6.45, 7) is 6.48. The standard InChI is InChI=1S/C19H26N2O3/c1-15(21-10-6-9-17(21)22)13-18(23)20-11-12-24-19(2,14-20)16-7-4-3-5-8-16/h3-5,7-8,15H,6,9-14H2,1-2H3/t15-,19+/m1/s1. The number of ether oxygens (including phenoxy) is 1. The second-order valence-electron chi connectivity index (χ2n) is 7.00. The third kappa shape index (κ3) is 3.46. The molecule has 0 aromatic heterocycles. The Morgan fingerprint density at radius 3 is 2.71 bits per heavy atom. The number of morpholine rings is 1. The van der Waals surface area contributed by atoms with Crippen molar-refractivity contribution in [3.63, 3.8) is 0 Å². The number of rotatable bonds is 4. The van der Waals surface area contributed by atoms with E-state index in [1.54, 1.807) is 0 Å². The van der Waals surface area contributed by atoms with Crippen molar-refractivity contribution in [1.29, 1.82) is 0 Å². The second kappa shape index (κ2) is 6.93. The van der Waals surface area contributed by atoms with Crippen LogP contribution in [0.3, 0.4) is 0 Å². The van der Waals surface area contributed by atoms with Gasteiger partial charge in [-0.3, -0.25) is 9.59 Å². The quantitative estimate of drug-likeness (QED) is 0.850. The molecule has 24 heavy (non-hydrogen) atoms. The van der Waals surface area contributed by atoms with E-state index in [2.05, 4.69) is 0 Å². The second-order valence-corrected chi connectivity index (χ2v) is 7.00. The molecule has 0 aliphatic carbocycles. The van der Waals surface area contributed by atoms with Crippen molar-refractivity contribution in [2.45, 2.75) is 44.8 Å². The molecule has 1 aromatic carbocycles. The maximum absolute atomic E-state index is 12.7. The van der Waals surface area contributed by atoms with Crippen LogP contribution in [-0.2, 0) is 19.9 Å². The summed E-state index contributed by atoms with van der Waals surface area (Å²) >= 11 is 0. The molecule has 0 N–H and O–H groups in total. The van der Waals surface area contributed by atoms with Gasteiger partial charge < -0.3 is 14.5 Å². The molecule has 0 saturated carbocycles. The molecule has 2 amide bonds. The molecular weight excluding hydrogens is 304 g/mol. The van der Waals surface area contributed by atoms with Crippen LogP contribution in [0, 0.1) is 0 Å². The van der Waals surface area contributed by atoms with Gasteiger partial charge in [-0.15, -0.1) is 0 Å². The summed E-state index contributed by atoms with van der Waals surface area (Å²) < 4.78 is 6.00. The maximum Gasteiger partial charge on any atom is 0.224 e. The number of amides is 2. The van der Waals surface area contributed by atoms with Gasteiger partial charge in [-0.2, -0.15) is 0 Å². The highest BCUT2D eigenvalue weighted by atomic mass is 16.5. The van der Waals surface area contributed by atoms with Crippen molar-refractivity contribution in [3.05, 3.63) is 35.9 Å². The highest BCUT2D eigenvalue weighted by molar-refractivity contribution is 5.81. The lowest BCUT2D eigenvalue weighted by Crippen LogP contribution is -2.51. The molecule has 2 aliphatic heterocycles. The Labute approximate surface area is 143 Å². The molecule has 0 unspecified atom stereocenters. The number of carbonyl (C=O) groups excluding carboxylic acids is 2. The Bertz CT molecular complexity index is 604. The first kappa shape index (κ1) is 17.0. The van der Waals surface area contributed by atoms with E-state index < -0.39 is 5.60 Å². The molecule has 0 bridgehead atoms. The Hall–Kier alpha value is -1.88. The summed E-state index contributed by atoms with van der Waals surface area (Å²) in [5.41, 5.74) is 0.618. The number of carbonyl (C=O) groups is 2. The van der Waals surface area contributed by atoms with Gasteiger partial charge in [-0.25, -0.2) is 0 Å². The van der Waals surface area contributed by atoms with Gasteiger partial charge in [0.25, 0.3) is 0 Å². The zero-order chi connectivity index (χ0) is 17.2. The van der Waals surface area contributed by atoms with Crippen LogP contribution >= 0.6 is 0 Å². The van der Waals surface area contributed by atoms with E-state index in [0.717, 1.165) is 18.5 Å². The van der Waals surface area contributed by atoms with Crippen molar-refractivity contribution in [3.8, 4) is 0 Å². The van der Waals surface area contributed by atoms with Gasteiger partial charge in [0.2, 0.25) is 11.8 Å². The predicted octanol–water partition coefficient (Wildman–Crippen LogP) is 2.16. The largest absolute Gasteiger partial charge is 0.367 e. The molecule has 3 rings (SSSR count). The maximum atomic E-state index is 12.7. The molecular formula is C19H26N2O3. The van der Waals surface area contributed by atoms with Crippen molar-refractivity contribution < 1.29 is 14.3 Å². The fraction of sp³-hybridized carbons (Fsp3) is 0.579. The van der Waals surface area contributed by atoms with Crippen molar-refractivity contribution in [1.82, 2.24) is 9.80 Å². The molecule has 2 atom stereocenters. The molecule has 0 radical (unpaired) electrons. The van der Waals surface area contributed by atoms with E-state index in [1.807, 2.05) is 54.0 Å². The highest BCUT2D eigenvalue weighted by Gasteiger charge is 2.36. The minimum atomic E-state index is -0.470. The normalized spacial score (nSPS) is 25.8. The van der Waals surface area contributed by atoms with Crippen LogP contribution in [0.2, 0.25) is 0 Å². The molecule has 5 heteroatoms. The third-order valence-electron chi connectivity index (χ3n) is 5.12. The molecule has 130 valence electrons. The summed E-state index contributed by atoms with van der Waals surface area (Å²) in [5, 5.41) is 0. The van der Waals surface area contributed by atoms with Gasteiger partial charge in [0.05, 0.1) is 13.2 Å². The first-order valence-corrected chi connectivity index (χ1v) is 8.76. The van der Waals surface area contributed by atoms with Gasteiger partial charge in [-0.05, 0) is 25.8 Å². The first-order chi connectivity index (χ1) is 11.5. The Balaban J connectivity index is 1.64. The average molecular weight is 330 g/mol. The highest BCUT2D eigenvalue weighted by Crippen LogP contribution is 2.29. The molecule has 2 aliphatic rings. The monoisotopic (exact) mass is 330 g/mol. The van der Waals surface area contributed by atoms with E-state index in [0.29, 0.717) is 32.5 Å². The zero-order valence-corrected chi connectivity index (χ0v) is 14.5. The SMILES string of the molecule is C[C@H](CC(=O)N1CCO[C@](C)(c2ccccc2)C1)N1CCCC1=O. The fourth-order valence-corrected chi connectivity index (χ4v) is 3.68. The summed E-state index contributed by atoms with van der Waals surface area (Å²) in [6.07, 6.45) is 1.90. The van der Waals surface area contributed by atoms with E-state index in [1.165, 1.54) is 0 Å². The van der Waals surface area contributed by atoms with E-state index in [9.17, 15) is 9.59 Å². The summed E-state index contributed by atoms with van der Waals surface area (Å²) in [7, 11) is 0. The number of benzene rings is 1. The lowest BCUT2D eigenvalue weighted by molar-refractivity contribution is -0.151. The number of hydrogen-bond donors (Lipinski definition) is 0. The van der Waals surface area contributed by atoms with Crippen molar-refractivity contribution in [2.24, 2.45) is 0 Å². The average Bonchev–Trinajstić information content (AvgIpc) is 3.02. The molecule has 1 aromatic rings. The smallest absolute Gasteiger partial charge is 0.224 e. The van der Waals surface area contributed by atoms with Gasteiger partial charge in [-0.1, -0.05) is 30.3 Å². The van der Waals surface area contributed by atoms with Crippen LogP contribution in [-0.4, -0.2) is 53.9 Å². The van der Waals surface area contributed by atoms with Crippen LogP contribution in [0.5, 0.6) is 0 Å². The van der Waals surface area contributed by atoms with Gasteiger partial charge in [0.15, 0.2) is 0 Å². The van der Waals surface area contributed by atoms with E-state index >= 15 is 0 Å². The van der Waals surface area contributed by atoms with E-state index in [-0.39, 0.29) is 17.9 Å². The molecule has 5 nitrogen and oxygen atoms in total. The number of hydrogen-bond acceptors (Lipinski definition) is 3. The first-order valence-electron chi connectivity index (χ1n) is 8.76. The van der Waals surface area contributed by atoms with Crippen LogP contribution in [0.25, 0.3) is 0 Å². The zero-order valence-electron chi connectivity index (χ0n) is 14.5. The Kier molecular flexibility index (Phi) is 4.90. The molecule has 2 saturated heterocycles. The van der Waals surface area contributed by atoms with Gasteiger partial charge in [0, 0.05) is 32.0 Å². The van der Waals surface area contributed by atoms with Gasteiger partial charge >= 0.3 is 0 Å². The number of nitrogens with zero attached hydrogens (tertiary/aromatic N) is 2. The summed E-state index contributed by atoms with van der Waals surface area (Å²) in [5.74, 6) is 0.277. The van der Waals surface area contributed by atoms with Crippen molar-refractivity contribution >= 4 is 11.8 Å². The molecule has 2 heterocycles. The van der Waals surface area contributed by atoms with Crippen LogP contribution < -0.4 is 0 Å². The summed E-state index contributed by atoms with van der Waals surface area (Å²) in [6, 6.07) is 10.0. The van der Waals surface area contributed by atoms with Crippen LogP contribution in [0.15, 0.2) is 30.3 Å². The Morgan fingerprint density at radius 1 is 1.29 bits per heavy atom. The van der Waals surface area contributed by atoms with Gasteiger partial charge in [0.1, 0.15) is 5.60 Å². The minimum absolute atomic E-state index is 0.0293. The third-order valence-corrected chi connectivity index (χ3v) is 5.12.